The lowest BCUT2D eigenvalue weighted by Gasteiger charge is -2.18. The fourth-order valence-corrected chi connectivity index (χ4v) is 2.42. The minimum absolute atomic E-state index is 0.233. The van der Waals surface area contributed by atoms with Crippen molar-refractivity contribution in [3.05, 3.63) is 16.4 Å². The average Bonchev–Trinajstić information content (AvgIpc) is 2.65. The second-order valence-corrected chi connectivity index (χ2v) is 5.01. The van der Waals surface area contributed by atoms with Crippen molar-refractivity contribution in [2.24, 2.45) is 11.7 Å². The largest absolute Gasteiger partial charge is 0.327 e. The zero-order valence-corrected chi connectivity index (χ0v) is 12.1. The Labute approximate surface area is 109 Å². The van der Waals surface area contributed by atoms with Gasteiger partial charge in [0.05, 0.1) is 16.4 Å². The molecule has 0 amide bonds. The van der Waals surface area contributed by atoms with Crippen molar-refractivity contribution in [3.63, 3.8) is 0 Å². The van der Waals surface area contributed by atoms with Crippen molar-refractivity contribution in [1.29, 1.82) is 0 Å². The Morgan fingerprint density at radius 3 is 2.47 bits per heavy atom. The fraction of sp³-hybridized carbons (Fsp3) is 0.769. The molecule has 0 spiro atoms. The zero-order chi connectivity index (χ0) is 13.0. The highest BCUT2D eigenvalue weighted by Crippen LogP contribution is 2.25. The standard InChI is InChI=1S/C13H24ClN3/c1-5-10(15)9(4)8-12-13(14)11(6-2)16-17(12)7-3/h9-10H,5-8,15H2,1-4H3. The van der Waals surface area contributed by atoms with E-state index in [-0.39, 0.29) is 6.04 Å². The van der Waals surface area contributed by atoms with Crippen LogP contribution in [0.15, 0.2) is 0 Å². The smallest absolute Gasteiger partial charge is 0.0849 e. The zero-order valence-electron chi connectivity index (χ0n) is 11.3. The molecule has 2 unspecified atom stereocenters. The minimum atomic E-state index is 0.233. The highest BCUT2D eigenvalue weighted by Gasteiger charge is 2.19. The summed E-state index contributed by atoms with van der Waals surface area (Å²) < 4.78 is 2.01. The normalized spacial score (nSPS) is 14.9. The number of rotatable bonds is 6. The van der Waals surface area contributed by atoms with Gasteiger partial charge in [0.15, 0.2) is 0 Å². The number of hydrogen-bond acceptors (Lipinski definition) is 2. The van der Waals surface area contributed by atoms with Gasteiger partial charge in [-0.1, -0.05) is 32.4 Å². The highest BCUT2D eigenvalue weighted by molar-refractivity contribution is 6.31. The first-order chi connectivity index (χ1) is 8.04. The van der Waals surface area contributed by atoms with E-state index in [4.69, 9.17) is 17.3 Å². The lowest BCUT2D eigenvalue weighted by atomic mass is 9.95. The molecule has 17 heavy (non-hydrogen) atoms. The van der Waals surface area contributed by atoms with Crippen LogP contribution in [0.5, 0.6) is 0 Å². The Hall–Kier alpha value is -0.540. The van der Waals surface area contributed by atoms with Gasteiger partial charge in [-0.25, -0.2) is 0 Å². The molecule has 3 nitrogen and oxygen atoms in total. The van der Waals surface area contributed by atoms with Gasteiger partial charge in [0.1, 0.15) is 0 Å². The van der Waals surface area contributed by atoms with Crippen LogP contribution in [-0.2, 0) is 19.4 Å². The number of aromatic nitrogens is 2. The summed E-state index contributed by atoms with van der Waals surface area (Å²) in [6, 6.07) is 0.233. The summed E-state index contributed by atoms with van der Waals surface area (Å²) in [6.45, 7) is 9.35. The molecule has 0 aliphatic rings. The third-order valence-corrected chi connectivity index (χ3v) is 3.85. The van der Waals surface area contributed by atoms with Gasteiger partial charge in [0, 0.05) is 12.6 Å². The van der Waals surface area contributed by atoms with Gasteiger partial charge < -0.3 is 5.73 Å². The third-order valence-electron chi connectivity index (χ3n) is 3.41. The van der Waals surface area contributed by atoms with Gasteiger partial charge in [-0.05, 0) is 32.1 Å². The lowest BCUT2D eigenvalue weighted by molar-refractivity contribution is 0.427. The van der Waals surface area contributed by atoms with Crippen LogP contribution in [0.3, 0.4) is 0 Å². The number of nitrogens with zero attached hydrogens (tertiary/aromatic N) is 2. The van der Waals surface area contributed by atoms with Gasteiger partial charge in [0.25, 0.3) is 0 Å². The molecule has 0 aliphatic carbocycles. The van der Waals surface area contributed by atoms with E-state index >= 15 is 0 Å². The molecule has 1 rings (SSSR count). The number of aryl methyl sites for hydroxylation is 2. The summed E-state index contributed by atoms with van der Waals surface area (Å²) in [5, 5.41) is 5.37. The van der Waals surface area contributed by atoms with Crippen LogP contribution in [0.2, 0.25) is 5.02 Å². The van der Waals surface area contributed by atoms with Crippen LogP contribution in [0.4, 0.5) is 0 Å². The molecule has 0 fully saturated rings. The van der Waals surface area contributed by atoms with Crippen molar-refractivity contribution in [3.8, 4) is 0 Å². The van der Waals surface area contributed by atoms with Crippen LogP contribution in [-0.4, -0.2) is 15.8 Å². The van der Waals surface area contributed by atoms with E-state index < -0.39 is 0 Å². The van der Waals surface area contributed by atoms with E-state index in [1.165, 1.54) is 0 Å². The predicted molar refractivity (Wildman–Crippen MR) is 73.4 cm³/mol. The monoisotopic (exact) mass is 257 g/mol. The van der Waals surface area contributed by atoms with Crippen LogP contribution < -0.4 is 5.73 Å². The van der Waals surface area contributed by atoms with Gasteiger partial charge >= 0.3 is 0 Å². The van der Waals surface area contributed by atoms with Crippen molar-refractivity contribution < 1.29 is 0 Å². The SMILES string of the molecule is CCc1nn(CC)c(CC(C)C(N)CC)c1Cl. The highest BCUT2D eigenvalue weighted by atomic mass is 35.5. The summed E-state index contributed by atoms with van der Waals surface area (Å²) >= 11 is 6.38. The van der Waals surface area contributed by atoms with Crippen LogP contribution in [0, 0.1) is 5.92 Å². The average molecular weight is 258 g/mol. The van der Waals surface area contributed by atoms with Gasteiger partial charge in [-0.2, -0.15) is 5.10 Å². The van der Waals surface area contributed by atoms with E-state index in [0.717, 1.165) is 42.2 Å². The molecule has 2 atom stereocenters. The van der Waals surface area contributed by atoms with E-state index in [1.807, 2.05) is 4.68 Å². The Morgan fingerprint density at radius 2 is 2.00 bits per heavy atom. The van der Waals surface area contributed by atoms with Crippen LogP contribution in [0.25, 0.3) is 0 Å². The summed E-state index contributed by atoms with van der Waals surface area (Å²) in [6.07, 6.45) is 2.79. The first-order valence-corrected chi connectivity index (χ1v) is 6.92. The van der Waals surface area contributed by atoms with E-state index in [1.54, 1.807) is 0 Å². The maximum absolute atomic E-state index is 6.38. The van der Waals surface area contributed by atoms with Gasteiger partial charge in [-0.15, -0.1) is 0 Å². The summed E-state index contributed by atoms with van der Waals surface area (Å²) in [4.78, 5) is 0. The second-order valence-electron chi connectivity index (χ2n) is 4.63. The number of hydrogen-bond donors (Lipinski definition) is 1. The minimum Gasteiger partial charge on any atom is -0.327 e. The van der Waals surface area contributed by atoms with Crippen molar-refractivity contribution >= 4 is 11.6 Å². The molecule has 1 aromatic heterocycles. The first-order valence-electron chi connectivity index (χ1n) is 6.54. The molecule has 2 N–H and O–H groups in total. The van der Waals surface area contributed by atoms with Gasteiger partial charge in [-0.3, -0.25) is 4.68 Å². The molecule has 0 aromatic carbocycles. The Bertz CT molecular complexity index is 360. The Balaban J connectivity index is 2.92. The molecule has 4 heteroatoms. The fourth-order valence-electron chi connectivity index (χ4n) is 2.07. The van der Waals surface area contributed by atoms with Crippen molar-refractivity contribution in [2.75, 3.05) is 0 Å². The second kappa shape index (κ2) is 6.41. The predicted octanol–water partition coefficient (Wildman–Crippen LogP) is 3.03. The molecule has 1 aromatic rings. The van der Waals surface area contributed by atoms with Gasteiger partial charge in [0.2, 0.25) is 0 Å². The lowest BCUT2D eigenvalue weighted by Crippen LogP contribution is -2.29. The van der Waals surface area contributed by atoms with E-state index in [2.05, 4.69) is 32.8 Å². The van der Waals surface area contributed by atoms with E-state index in [9.17, 15) is 0 Å². The Kier molecular flexibility index (Phi) is 5.47. The summed E-state index contributed by atoms with van der Waals surface area (Å²) in [7, 11) is 0. The van der Waals surface area contributed by atoms with Crippen LogP contribution >= 0.6 is 11.6 Å². The third kappa shape index (κ3) is 3.23. The molecular weight excluding hydrogens is 234 g/mol. The van der Waals surface area contributed by atoms with Crippen molar-refractivity contribution in [2.45, 2.75) is 59.5 Å². The summed E-state index contributed by atoms with van der Waals surface area (Å²) in [5.41, 5.74) is 8.21. The quantitative estimate of drug-likeness (QED) is 0.851. The Morgan fingerprint density at radius 1 is 1.35 bits per heavy atom. The van der Waals surface area contributed by atoms with Crippen molar-refractivity contribution in [1.82, 2.24) is 9.78 Å². The molecule has 0 saturated heterocycles. The number of halogens is 1. The maximum atomic E-state index is 6.38. The topological polar surface area (TPSA) is 43.8 Å². The molecule has 0 radical (unpaired) electrons. The molecule has 0 bridgehead atoms. The molecule has 0 aliphatic heterocycles. The summed E-state index contributed by atoms with van der Waals surface area (Å²) in [5.74, 6) is 0.434. The molecule has 98 valence electrons. The molecule has 0 saturated carbocycles. The maximum Gasteiger partial charge on any atom is 0.0849 e. The first kappa shape index (κ1) is 14.5. The number of nitrogens with two attached hydrogens (primary N) is 1. The molecular formula is C13H24ClN3. The van der Waals surface area contributed by atoms with Crippen LogP contribution in [0.1, 0.15) is 45.5 Å². The molecule has 1 heterocycles. The van der Waals surface area contributed by atoms with E-state index in [0.29, 0.717) is 5.92 Å².